The summed E-state index contributed by atoms with van der Waals surface area (Å²) in [5.41, 5.74) is -14.7. The molecule has 2 bridgehead atoms. The summed E-state index contributed by atoms with van der Waals surface area (Å²) in [5.74, 6) is -4.36. The number of allylic oxidation sites excluding steroid dienone is 1. The number of aliphatic hydroxyl groups excluding tert-OH is 2. The fourth-order valence-corrected chi connectivity index (χ4v) is 11.8. The summed E-state index contributed by atoms with van der Waals surface area (Å²) in [4.78, 5) is 52.6. The molecule has 2 saturated heterocycles. The average Bonchev–Trinajstić information content (AvgIpc) is 3.74. The van der Waals surface area contributed by atoms with Gasteiger partial charge >= 0.3 is 24.1 Å². The first-order chi connectivity index (χ1) is 22.5. The molecule has 14 atom stereocenters. The van der Waals surface area contributed by atoms with Crippen molar-refractivity contribution in [2.24, 2.45) is 28.1 Å². The zero-order valence-electron chi connectivity index (χ0n) is 27.0. The molecule has 3 aliphatic heterocycles. The molecule has 260 valence electrons. The molecule has 4 saturated carbocycles. The van der Waals surface area contributed by atoms with Gasteiger partial charge in [0, 0.05) is 43.6 Å². The van der Waals surface area contributed by atoms with Gasteiger partial charge in [-0.25, -0.2) is 4.79 Å². The van der Waals surface area contributed by atoms with Gasteiger partial charge in [0.25, 0.3) is 0 Å². The van der Waals surface area contributed by atoms with Crippen molar-refractivity contribution < 1.29 is 72.4 Å². The van der Waals surface area contributed by atoms with Gasteiger partial charge in [-0.3, -0.25) is 14.4 Å². The van der Waals surface area contributed by atoms with Crippen molar-refractivity contribution in [3.05, 3.63) is 36.0 Å². The van der Waals surface area contributed by atoms with Crippen LogP contribution in [0.5, 0.6) is 0 Å². The summed E-state index contributed by atoms with van der Waals surface area (Å²) in [6.45, 7) is 6.57. The van der Waals surface area contributed by atoms with Crippen molar-refractivity contribution in [3.8, 4) is 0 Å². The minimum absolute atomic E-state index is 0.207. The van der Waals surface area contributed by atoms with Crippen LogP contribution in [0.1, 0.15) is 65.5 Å². The summed E-state index contributed by atoms with van der Waals surface area (Å²) in [6.07, 6.45) is -6.17. The predicted octanol–water partition coefficient (Wildman–Crippen LogP) is 0.959. The van der Waals surface area contributed by atoms with Crippen LogP contribution >= 0.6 is 0 Å². The Labute approximate surface area is 274 Å². The van der Waals surface area contributed by atoms with Crippen molar-refractivity contribution in [1.29, 1.82) is 0 Å². The number of furan rings is 1. The van der Waals surface area contributed by atoms with Crippen molar-refractivity contribution >= 4 is 24.1 Å². The molecule has 7 aliphatic rings. The van der Waals surface area contributed by atoms with Crippen LogP contribution in [-0.2, 0) is 42.8 Å². The molecule has 48 heavy (non-hydrogen) atoms. The molecule has 2 spiro atoms. The number of esters is 3. The highest BCUT2D eigenvalue weighted by molar-refractivity contribution is 5.75. The van der Waals surface area contributed by atoms with E-state index in [1.807, 2.05) is 0 Å². The molecular formula is C33H38O15. The topological polar surface area (TPSA) is 218 Å². The molecule has 15 heteroatoms. The Morgan fingerprint density at radius 1 is 1.10 bits per heavy atom. The molecule has 0 amide bonds. The van der Waals surface area contributed by atoms with E-state index in [1.54, 1.807) is 26.8 Å². The van der Waals surface area contributed by atoms with E-state index in [9.17, 15) is 39.6 Å². The third-order valence-corrected chi connectivity index (χ3v) is 13.2. The lowest BCUT2D eigenvalue weighted by molar-refractivity contribution is -0.445. The Bertz CT molecular complexity index is 1670. The van der Waals surface area contributed by atoms with Gasteiger partial charge in [-0.15, -0.1) is 0 Å². The van der Waals surface area contributed by atoms with E-state index in [-0.39, 0.29) is 25.0 Å². The molecule has 4 N–H and O–H groups in total. The zero-order valence-corrected chi connectivity index (χ0v) is 27.0. The lowest BCUT2D eigenvalue weighted by Crippen LogP contribution is -2.97. The SMILES string of the molecule is CCC1=C[C@@H]2[C@](C)([C@@H](OC(C)=O)c3ccoc3)[C@@H](OC(C)=O)[C@@H](O)[C@@]34OC(=O)O[C@@]23[C@H](O1)[C@@]1(O)[C@@H](O)[C@]2(C)C[C@@]1(O)[C@]41COC(=O)C[C@@H]21. The largest absolute Gasteiger partial charge is 0.509 e. The molecule has 1 aromatic rings. The highest BCUT2D eigenvalue weighted by Crippen LogP contribution is 2.86. The van der Waals surface area contributed by atoms with Crippen LogP contribution in [0, 0.1) is 28.1 Å². The molecule has 1 aromatic heterocycles. The molecular weight excluding hydrogens is 636 g/mol. The van der Waals surface area contributed by atoms with Gasteiger partial charge in [0.2, 0.25) is 11.2 Å². The van der Waals surface area contributed by atoms with Crippen LogP contribution in [0.4, 0.5) is 4.79 Å². The number of aliphatic hydroxyl groups is 4. The van der Waals surface area contributed by atoms with Crippen LogP contribution < -0.4 is 0 Å². The van der Waals surface area contributed by atoms with Gasteiger partial charge in [-0.2, -0.15) is 0 Å². The lowest BCUT2D eigenvalue weighted by atomic mass is 9.32. The first-order valence-corrected chi connectivity index (χ1v) is 16.1. The first-order valence-electron chi connectivity index (χ1n) is 16.1. The number of hydrogen-bond acceptors (Lipinski definition) is 15. The van der Waals surface area contributed by atoms with Crippen molar-refractivity contribution in [1.82, 2.24) is 0 Å². The second kappa shape index (κ2) is 9.11. The molecule has 0 unspecified atom stereocenters. The van der Waals surface area contributed by atoms with Crippen molar-refractivity contribution in [2.45, 2.75) is 107 Å². The second-order valence-electron chi connectivity index (χ2n) is 15.0. The van der Waals surface area contributed by atoms with E-state index in [2.05, 4.69) is 0 Å². The minimum Gasteiger partial charge on any atom is -0.487 e. The lowest BCUT2D eigenvalue weighted by Gasteiger charge is -2.77. The minimum atomic E-state index is -2.60. The standard InChI is InChI=1S/C33H38O15/c1-6-17-9-19-28(5,22(44-14(2)34)16-7-8-42-11-16)23(45-15(3)35)21(37)33-29-13-43-20(36)10-18(29)27(4)12-30(29,40)31(41,24(27)38)25(46-17)32(19,33)47-26(39)48-33/h7-9,11,18-19,21-25,37-38,40-41H,6,10,12-13H2,1-5H3/t18-,19+,21+,22-,23-,24-,25+,27+,28+,29+,30+,31-,32+,33-/m0/s1. The van der Waals surface area contributed by atoms with Crippen molar-refractivity contribution in [3.63, 3.8) is 0 Å². The quantitative estimate of drug-likeness (QED) is 0.253. The van der Waals surface area contributed by atoms with Gasteiger partial charge in [0.1, 0.15) is 30.5 Å². The summed E-state index contributed by atoms with van der Waals surface area (Å²) in [7, 11) is 0. The molecule has 6 fully saturated rings. The number of ether oxygens (including phenoxy) is 6. The van der Waals surface area contributed by atoms with Gasteiger partial charge in [0.05, 0.1) is 35.2 Å². The molecule has 0 radical (unpaired) electrons. The Kier molecular flexibility index (Phi) is 6.00. The number of carbonyl (C=O) groups is 4. The zero-order chi connectivity index (χ0) is 34.6. The van der Waals surface area contributed by atoms with E-state index in [0.29, 0.717) is 5.56 Å². The van der Waals surface area contributed by atoms with Crippen LogP contribution in [0.25, 0.3) is 0 Å². The maximum atomic E-state index is 13.9. The van der Waals surface area contributed by atoms with E-state index in [1.165, 1.54) is 25.5 Å². The maximum absolute atomic E-state index is 13.9. The normalized spacial score (nSPS) is 51.1. The molecule has 15 nitrogen and oxygen atoms in total. The van der Waals surface area contributed by atoms with E-state index < -0.39 is 112 Å². The van der Waals surface area contributed by atoms with Gasteiger partial charge in [0.15, 0.2) is 11.7 Å². The van der Waals surface area contributed by atoms with Crippen LogP contribution in [-0.4, -0.2) is 97.9 Å². The molecule has 4 aliphatic carbocycles. The van der Waals surface area contributed by atoms with Crippen molar-refractivity contribution in [2.75, 3.05) is 6.61 Å². The number of carbonyl (C=O) groups excluding carboxylic acids is 4. The Hall–Kier alpha value is -3.66. The summed E-state index contributed by atoms with van der Waals surface area (Å²) in [6, 6.07) is 1.52. The molecule has 0 aromatic carbocycles. The van der Waals surface area contributed by atoms with Gasteiger partial charge in [-0.1, -0.05) is 20.8 Å². The van der Waals surface area contributed by atoms with Gasteiger partial charge in [-0.05, 0) is 24.5 Å². The number of fused-ring (bicyclic) bond motifs is 3. The number of rotatable bonds is 5. The third kappa shape index (κ3) is 2.92. The highest BCUT2D eigenvalue weighted by Gasteiger charge is 3.04. The smallest absolute Gasteiger partial charge is 0.487 e. The fraction of sp³-hybridized carbons (Fsp3) is 0.697. The van der Waals surface area contributed by atoms with Crippen LogP contribution in [0.2, 0.25) is 0 Å². The average molecular weight is 675 g/mol. The van der Waals surface area contributed by atoms with E-state index in [4.69, 9.17) is 32.8 Å². The Balaban J connectivity index is 1.52. The monoisotopic (exact) mass is 674 g/mol. The van der Waals surface area contributed by atoms with E-state index >= 15 is 0 Å². The Morgan fingerprint density at radius 3 is 2.46 bits per heavy atom. The summed E-state index contributed by atoms with van der Waals surface area (Å²) in [5, 5.41) is 51.3. The molecule has 4 heterocycles. The third-order valence-electron chi connectivity index (χ3n) is 13.2. The highest BCUT2D eigenvalue weighted by atomic mass is 16.8. The maximum Gasteiger partial charge on any atom is 0.509 e. The first kappa shape index (κ1) is 31.6. The second-order valence-corrected chi connectivity index (χ2v) is 15.0. The Morgan fingerprint density at radius 2 is 1.83 bits per heavy atom. The summed E-state index contributed by atoms with van der Waals surface area (Å²) < 4.78 is 41.9. The number of cyclic esters (lactones) is 1. The van der Waals surface area contributed by atoms with Crippen LogP contribution in [0.15, 0.2) is 34.8 Å². The van der Waals surface area contributed by atoms with E-state index in [0.717, 1.165) is 6.92 Å². The number of hydrogen-bond donors (Lipinski definition) is 4. The van der Waals surface area contributed by atoms with Gasteiger partial charge < -0.3 is 53.3 Å². The molecule has 8 rings (SSSR count). The van der Waals surface area contributed by atoms with Crippen LogP contribution in [0.3, 0.4) is 0 Å². The fourth-order valence-electron chi connectivity index (χ4n) is 11.8. The predicted molar refractivity (Wildman–Crippen MR) is 153 cm³/mol. The summed E-state index contributed by atoms with van der Waals surface area (Å²) >= 11 is 0.